The van der Waals surface area contributed by atoms with Gasteiger partial charge in [-0.2, -0.15) is 5.26 Å². The molecule has 5 heteroatoms. The van der Waals surface area contributed by atoms with Crippen LogP contribution in [0.2, 0.25) is 0 Å². The molecule has 1 aliphatic rings. The Morgan fingerprint density at radius 2 is 1.95 bits per heavy atom. The van der Waals surface area contributed by atoms with Crippen molar-refractivity contribution >= 4 is 21.9 Å². The molecule has 3 aromatic rings. The van der Waals surface area contributed by atoms with Gasteiger partial charge < -0.3 is 10.3 Å². The topological polar surface area (TPSA) is 77.4 Å². The van der Waals surface area contributed by atoms with Gasteiger partial charge in [-0.3, -0.25) is 0 Å². The molecule has 0 radical (unpaired) electrons. The van der Waals surface area contributed by atoms with Crippen LogP contribution in [0.4, 0.5) is 0 Å². The summed E-state index contributed by atoms with van der Waals surface area (Å²) < 4.78 is 0. The predicted octanol–water partition coefficient (Wildman–Crippen LogP) is 2.45. The van der Waals surface area contributed by atoms with Gasteiger partial charge in [-0.15, -0.1) is 0 Å². The molecule has 0 saturated carbocycles. The summed E-state index contributed by atoms with van der Waals surface area (Å²) in [6.45, 7) is 2.14. The number of nitriles is 1. The standard InChI is InChI=1S/C16H15N5/c17-7-12-6-13-14-5-11(10-1-3-18-4-2-10)8-20-16(14)21-15(13)9-19-12/h5-6,8-10,18H,1-4H2,(H,20,21). The average Bonchev–Trinajstić information content (AvgIpc) is 2.92. The minimum atomic E-state index is 0.440. The van der Waals surface area contributed by atoms with Gasteiger partial charge in [0.2, 0.25) is 0 Å². The minimum absolute atomic E-state index is 0.440. The molecular weight excluding hydrogens is 262 g/mol. The third kappa shape index (κ3) is 2.05. The van der Waals surface area contributed by atoms with Gasteiger partial charge in [0.05, 0.1) is 11.7 Å². The van der Waals surface area contributed by atoms with E-state index in [0.29, 0.717) is 11.6 Å². The monoisotopic (exact) mass is 277 g/mol. The second-order valence-corrected chi connectivity index (χ2v) is 5.54. The molecule has 21 heavy (non-hydrogen) atoms. The Bertz CT molecular complexity index is 852. The van der Waals surface area contributed by atoms with Gasteiger partial charge in [-0.25, -0.2) is 9.97 Å². The third-order valence-electron chi connectivity index (χ3n) is 4.28. The van der Waals surface area contributed by atoms with Crippen LogP contribution >= 0.6 is 0 Å². The van der Waals surface area contributed by atoms with E-state index < -0.39 is 0 Å². The maximum Gasteiger partial charge on any atom is 0.141 e. The molecule has 3 aromatic heterocycles. The zero-order chi connectivity index (χ0) is 14.2. The number of fused-ring (bicyclic) bond motifs is 3. The number of hydrogen-bond acceptors (Lipinski definition) is 4. The summed E-state index contributed by atoms with van der Waals surface area (Å²) in [4.78, 5) is 11.9. The summed E-state index contributed by atoms with van der Waals surface area (Å²) in [5.74, 6) is 0.574. The van der Waals surface area contributed by atoms with Crippen molar-refractivity contribution in [2.45, 2.75) is 18.8 Å². The van der Waals surface area contributed by atoms with Crippen molar-refractivity contribution in [3.63, 3.8) is 0 Å². The fourth-order valence-electron chi connectivity index (χ4n) is 3.13. The van der Waals surface area contributed by atoms with E-state index >= 15 is 0 Å². The van der Waals surface area contributed by atoms with Crippen molar-refractivity contribution in [3.8, 4) is 6.07 Å². The van der Waals surface area contributed by atoms with Crippen molar-refractivity contribution < 1.29 is 0 Å². The summed E-state index contributed by atoms with van der Waals surface area (Å²) in [5, 5.41) is 14.5. The van der Waals surface area contributed by atoms with Crippen molar-refractivity contribution in [2.24, 2.45) is 0 Å². The van der Waals surface area contributed by atoms with Crippen molar-refractivity contribution in [3.05, 3.63) is 35.8 Å². The lowest BCUT2D eigenvalue weighted by Gasteiger charge is -2.22. The van der Waals surface area contributed by atoms with Gasteiger partial charge in [-0.1, -0.05) is 0 Å². The van der Waals surface area contributed by atoms with E-state index in [-0.39, 0.29) is 0 Å². The number of rotatable bonds is 1. The Kier molecular flexibility index (Phi) is 2.83. The number of nitrogens with zero attached hydrogens (tertiary/aromatic N) is 3. The minimum Gasteiger partial charge on any atom is -0.338 e. The summed E-state index contributed by atoms with van der Waals surface area (Å²) in [6, 6.07) is 6.15. The second-order valence-electron chi connectivity index (χ2n) is 5.54. The molecule has 1 aliphatic heterocycles. The SMILES string of the molecule is N#Cc1cc2c(cn1)[nH]c1ncc(C3CCNCC3)cc12. The molecule has 0 atom stereocenters. The van der Waals surface area contributed by atoms with Crippen LogP contribution in [-0.2, 0) is 0 Å². The molecule has 1 fully saturated rings. The Morgan fingerprint density at radius 3 is 2.76 bits per heavy atom. The van der Waals surface area contributed by atoms with Crippen LogP contribution in [0.25, 0.3) is 21.9 Å². The lowest BCUT2D eigenvalue weighted by atomic mass is 9.91. The lowest BCUT2D eigenvalue weighted by molar-refractivity contribution is 0.460. The van der Waals surface area contributed by atoms with E-state index in [1.807, 2.05) is 12.3 Å². The predicted molar refractivity (Wildman–Crippen MR) is 81.0 cm³/mol. The molecule has 4 rings (SSSR count). The van der Waals surface area contributed by atoms with E-state index in [9.17, 15) is 0 Å². The molecule has 0 aromatic carbocycles. The Hall–Kier alpha value is -2.45. The first-order valence-corrected chi connectivity index (χ1v) is 7.23. The number of hydrogen-bond donors (Lipinski definition) is 2. The second kappa shape index (κ2) is 4.83. The van der Waals surface area contributed by atoms with Gasteiger partial charge in [-0.05, 0) is 49.5 Å². The summed E-state index contributed by atoms with van der Waals surface area (Å²) in [7, 11) is 0. The van der Waals surface area contributed by atoms with Crippen LogP contribution in [0.15, 0.2) is 24.5 Å². The maximum absolute atomic E-state index is 9.02. The number of nitrogens with one attached hydrogen (secondary N) is 2. The van der Waals surface area contributed by atoms with Gasteiger partial charge in [0.25, 0.3) is 0 Å². The zero-order valence-corrected chi connectivity index (χ0v) is 11.6. The van der Waals surface area contributed by atoms with Crippen molar-refractivity contribution in [2.75, 3.05) is 13.1 Å². The third-order valence-corrected chi connectivity index (χ3v) is 4.28. The highest BCUT2D eigenvalue weighted by atomic mass is 14.9. The van der Waals surface area contributed by atoms with E-state index in [1.54, 1.807) is 6.20 Å². The van der Waals surface area contributed by atoms with E-state index in [1.165, 1.54) is 5.56 Å². The van der Waals surface area contributed by atoms with Crippen LogP contribution in [0, 0.1) is 11.3 Å². The Labute approximate surface area is 122 Å². The molecule has 2 N–H and O–H groups in total. The molecule has 5 nitrogen and oxygen atoms in total. The van der Waals surface area contributed by atoms with E-state index in [2.05, 4.69) is 32.4 Å². The maximum atomic E-state index is 9.02. The highest BCUT2D eigenvalue weighted by Crippen LogP contribution is 2.30. The van der Waals surface area contributed by atoms with Crippen LogP contribution in [-0.4, -0.2) is 28.0 Å². The highest BCUT2D eigenvalue weighted by molar-refractivity contribution is 6.05. The first-order chi connectivity index (χ1) is 10.3. The first kappa shape index (κ1) is 12.3. The van der Waals surface area contributed by atoms with Crippen LogP contribution in [0.3, 0.4) is 0 Å². The molecule has 0 spiro atoms. The number of piperidine rings is 1. The highest BCUT2D eigenvalue weighted by Gasteiger charge is 2.17. The molecule has 1 saturated heterocycles. The van der Waals surface area contributed by atoms with Gasteiger partial charge in [0.1, 0.15) is 17.4 Å². The number of aromatic nitrogens is 3. The van der Waals surface area contributed by atoms with Crippen LogP contribution in [0.5, 0.6) is 0 Å². The Balaban J connectivity index is 1.88. The number of H-pyrrole nitrogens is 1. The van der Waals surface area contributed by atoms with Gasteiger partial charge in [0.15, 0.2) is 0 Å². The molecule has 0 unspecified atom stereocenters. The Morgan fingerprint density at radius 1 is 1.10 bits per heavy atom. The molecular formula is C16H15N5. The smallest absolute Gasteiger partial charge is 0.141 e. The fourth-order valence-corrected chi connectivity index (χ4v) is 3.13. The van der Waals surface area contributed by atoms with Crippen molar-refractivity contribution in [1.82, 2.24) is 20.3 Å². The molecule has 104 valence electrons. The molecule has 0 amide bonds. The zero-order valence-electron chi connectivity index (χ0n) is 11.6. The normalized spacial score (nSPS) is 16.3. The lowest BCUT2D eigenvalue weighted by Crippen LogP contribution is -2.26. The van der Waals surface area contributed by atoms with E-state index in [4.69, 9.17) is 5.26 Å². The fraction of sp³-hybridized carbons (Fsp3) is 0.312. The number of aromatic amines is 1. The van der Waals surface area contributed by atoms with Gasteiger partial charge in [0, 0.05) is 17.0 Å². The average molecular weight is 277 g/mol. The summed E-state index contributed by atoms with van der Waals surface area (Å²) >= 11 is 0. The molecule has 0 bridgehead atoms. The van der Waals surface area contributed by atoms with Gasteiger partial charge >= 0.3 is 0 Å². The number of pyridine rings is 2. The summed E-state index contributed by atoms with van der Waals surface area (Å²) in [6.07, 6.45) is 5.99. The van der Waals surface area contributed by atoms with Crippen LogP contribution in [0.1, 0.15) is 30.0 Å². The van der Waals surface area contributed by atoms with Crippen molar-refractivity contribution in [1.29, 1.82) is 5.26 Å². The summed E-state index contributed by atoms with van der Waals surface area (Å²) in [5.41, 5.74) is 3.52. The molecule has 0 aliphatic carbocycles. The molecule has 4 heterocycles. The largest absolute Gasteiger partial charge is 0.338 e. The quantitative estimate of drug-likeness (QED) is 0.716. The van der Waals surface area contributed by atoms with Crippen LogP contribution < -0.4 is 5.32 Å². The van der Waals surface area contributed by atoms with E-state index in [0.717, 1.165) is 47.9 Å². The first-order valence-electron chi connectivity index (χ1n) is 7.23.